The van der Waals surface area contributed by atoms with Crippen LogP contribution in [0.1, 0.15) is 38.9 Å². The molecule has 1 aromatic heterocycles. The van der Waals surface area contributed by atoms with Crippen molar-refractivity contribution in [3.8, 4) is 18.2 Å². The molecule has 3 unspecified atom stereocenters. The van der Waals surface area contributed by atoms with Crippen molar-refractivity contribution >= 4 is 5.78 Å². The fraction of sp³-hybridized carbons (Fsp3) is 0.333. The summed E-state index contributed by atoms with van der Waals surface area (Å²) in [6, 6.07) is 9.10. The first-order valence-electron chi connectivity index (χ1n) is 8.69. The highest BCUT2D eigenvalue weighted by molar-refractivity contribution is 5.83. The van der Waals surface area contributed by atoms with Gasteiger partial charge in [0, 0.05) is 12.1 Å². The van der Waals surface area contributed by atoms with Gasteiger partial charge in [0.15, 0.2) is 5.57 Å². The summed E-state index contributed by atoms with van der Waals surface area (Å²) in [5, 5.41) is 42.5. The molecule has 0 aromatic carbocycles. The van der Waals surface area contributed by atoms with E-state index in [-0.39, 0.29) is 29.0 Å². The van der Waals surface area contributed by atoms with Gasteiger partial charge < -0.3 is 14.8 Å². The van der Waals surface area contributed by atoms with Crippen molar-refractivity contribution in [2.24, 2.45) is 5.92 Å². The van der Waals surface area contributed by atoms with E-state index in [0.29, 0.717) is 22.6 Å². The van der Waals surface area contributed by atoms with Gasteiger partial charge in [-0.3, -0.25) is 4.79 Å². The van der Waals surface area contributed by atoms with Crippen molar-refractivity contribution in [3.05, 3.63) is 57.8 Å². The number of allylic oxidation sites excluding steroid dienone is 4. The molecule has 7 heteroatoms. The Balaban J connectivity index is 2.36. The molecule has 2 heterocycles. The monoisotopic (exact) mass is 374 g/mol. The molecule has 0 amide bonds. The first-order valence-corrected chi connectivity index (χ1v) is 8.69. The Morgan fingerprint density at radius 1 is 1.36 bits per heavy atom. The number of Topliss-reactive ketones (excluding diaryl/α,β-unsaturated/α-hetero) is 1. The average Bonchev–Trinajstić information content (AvgIpc) is 3.15. The molecule has 1 aromatic rings. The van der Waals surface area contributed by atoms with Crippen molar-refractivity contribution < 1.29 is 14.3 Å². The number of ketones is 1. The summed E-state index contributed by atoms with van der Waals surface area (Å²) in [6.45, 7) is 4.74. The van der Waals surface area contributed by atoms with Crippen molar-refractivity contribution in [3.63, 3.8) is 0 Å². The molecular formula is C21H18N4O3. The Morgan fingerprint density at radius 3 is 2.54 bits per heavy atom. The number of furan rings is 1. The minimum absolute atomic E-state index is 0.0410. The molecule has 0 radical (unpaired) electrons. The van der Waals surface area contributed by atoms with E-state index >= 15 is 0 Å². The second kappa shape index (κ2) is 6.85. The van der Waals surface area contributed by atoms with Crippen LogP contribution in [0, 0.1) is 39.9 Å². The Hall–Kier alpha value is -3.60. The molecule has 28 heavy (non-hydrogen) atoms. The molecule has 0 bridgehead atoms. The lowest BCUT2D eigenvalue weighted by molar-refractivity contribution is -0.131. The summed E-state index contributed by atoms with van der Waals surface area (Å²) in [7, 11) is 0. The lowest BCUT2D eigenvalue weighted by Gasteiger charge is -2.45. The number of aliphatic hydroxyl groups is 1. The molecule has 1 fully saturated rings. The smallest absolute Gasteiger partial charge is 0.154 e. The SMILES string of the molecule is CC(=O)C1C(c2ccco2)C2=C(C)NC(=C(C#N)C#N)C(C#N)=C2CC1(C)O. The Labute approximate surface area is 162 Å². The van der Waals surface area contributed by atoms with E-state index < -0.39 is 17.4 Å². The van der Waals surface area contributed by atoms with Crippen LogP contribution in [0.4, 0.5) is 0 Å². The van der Waals surface area contributed by atoms with Gasteiger partial charge in [-0.1, -0.05) is 0 Å². The molecule has 7 nitrogen and oxygen atoms in total. The van der Waals surface area contributed by atoms with Gasteiger partial charge in [0.05, 0.1) is 35.0 Å². The molecule has 3 rings (SSSR count). The number of hydrogen-bond donors (Lipinski definition) is 2. The zero-order chi connectivity index (χ0) is 20.6. The van der Waals surface area contributed by atoms with Crippen LogP contribution in [0.2, 0.25) is 0 Å². The second-order valence-electron chi connectivity index (χ2n) is 7.22. The van der Waals surface area contributed by atoms with Crippen LogP contribution < -0.4 is 5.32 Å². The van der Waals surface area contributed by atoms with Crippen LogP contribution in [0.15, 0.2) is 56.5 Å². The minimum atomic E-state index is -1.44. The fourth-order valence-electron chi connectivity index (χ4n) is 4.32. The highest BCUT2D eigenvalue weighted by Gasteiger charge is 2.52. The summed E-state index contributed by atoms with van der Waals surface area (Å²) >= 11 is 0. The van der Waals surface area contributed by atoms with Crippen molar-refractivity contribution in [2.75, 3.05) is 0 Å². The third-order valence-electron chi connectivity index (χ3n) is 5.32. The highest BCUT2D eigenvalue weighted by Crippen LogP contribution is 2.53. The number of nitrogens with zero attached hydrogens (tertiary/aromatic N) is 3. The van der Waals surface area contributed by atoms with E-state index in [9.17, 15) is 25.7 Å². The molecule has 0 saturated heterocycles. The van der Waals surface area contributed by atoms with Crippen LogP contribution in [0.3, 0.4) is 0 Å². The van der Waals surface area contributed by atoms with E-state index in [1.54, 1.807) is 38.1 Å². The topological polar surface area (TPSA) is 134 Å². The van der Waals surface area contributed by atoms with Gasteiger partial charge >= 0.3 is 0 Å². The predicted molar refractivity (Wildman–Crippen MR) is 97.6 cm³/mol. The van der Waals surface area contributed by atoms with Gasteiger partial charge in [-0.25, -0.2) is 0 Å². The normalized spacial score (nSPS) is 26.5. The number of carbonyl (C=O) groups excluding carboxylic acids is 1. The molecule has 1 aliphatic heterocycles. The molecule has 3 atom stereocenters. The van der Waals surface area contributed by atoms with E-state index in [0.717, 1.165) is 0 Å². The number of hydrogen-bond acceptors (Lipinski definition) is 7. The van der Waals surface area contributed by atoms with Crippen LogP contribution in [-0.2, 0) is 4.79 Å². The third-order valence-corrected chi connectivity index (χ3v) is 5.32. The summed E-state index contributed by atoms with van der Waals surface area (Å²) in [6.07, 6.45) is 1.53. The van der Waals surface area contributed by atoms with Crippen molar-refractivity contribution in [2.45, 2.75) is 38.7 Å². The molecule has 0 spiro atoms. The predicted octanol–water partition coefficient (Wildman–Crippen LogP) is 2.72. The molecule has 1 aliphatic carbocycles. The lowest BCUT2D eigenvalue weighted by atomic mass is 9.61. The van der Waals surface area contributed by atoms with Crippen LogP contribution in [0.25, 0.3) is 0 Å². The van der Waals surface area contributed by atoms with Crippen LogP contribution in [0.5, 0.6) is 0 Å². The Bertz CT molecular complexity index is 1050. The third kappa shape index (κ3) is 2.81. The van der Waals surface area contributed by atoms with Crippen molar-refractivity contribution in [1.29, 1.82) is 15.8 Å². The largest absolute Gasteiger partial charge is 0.469 e. The summed E-state index contributed by atoms with van der Waals surface area (Å²) in [5.41, 5.74) is 0.391. The number of fused-ring (bicyclic) bond motifs is 1. The number of rotatable bonds is 2. The van der Waals surface area contributed by atoms with Gasteiger partial charge in [0.25, 0.3) is 0 Å². The van der Waals surface area contributed by atoms with E-state index in [1.165, 1.54) is 13.2 Å². The first kappa shape index (κ1) is 19.2. The maximum absolute atomic E-state index is 12.5. The van der Waals surface area contributed by atoms with E-state index in [1.807, 2.05) is 0 Å². The first-order chi connectivity index (χ1) is 13.3. The number of carbonyl (C=O) groups is 1. The number of dihydropyridines is 1. The maximum atomic E-state index is 12.5. The molecular weight excluding hydrogens is 356 g/mol. The minimum Gasteiger partial charge on any atom is -0.469 e. The Kier molecular flexibility index (Phi) is 4.69. The zero-order valence-electron chi connectivity index (χ0n) is 15.7. The molecule has 1 saturated carbocycles. The maximum Gasteiger partial charge on any atom is 0.154 e. The highest BCUT2D eigenvalue weighted by atomic mass is 16.3. The van der Waals surface area contributed by atoms with Gasteiger partial charge in [-0.2, -0.15) is 15.8 Å². The van der Waals surface area contributed by atoms with Gasteiger partial charge in [0.1, 0.15) is 29.8 Å². The van der Waals surface area contributed by atoms with Crippen LogP contribution >= 0.6 is 0 Å². The zero-order valence-corrected chi connectivity index (χ0v) is 15.7. The molecule has 2 aliphatic rings. The van der Waals surface area contributed by atoms with Gasteiger partial charge in [0.2, 0.25) is 0 Å². The molecule has 140 valence electrons. The van der Waals surface area contributed by atoms with Crippen LogP contribution in [-0.4, -0.2) is 16.5 Å². The fourth-order valence-corrected chi connectivity index (χ4v) is 4.32. The average molecular weight is 374 g/mol. The number of nitrogens with one attached hydrogen (secondary N) is 1. The lowest BCUT2D eigenvalue weighted by Crippen LogP contribution is -2.48. The quantitative estimate of drug-likeness (QED) is 0.760. The van der Waals surface area contributed by atoms with Gasteiger partial charge in [-0.15, -0.1) is 0 Å². The summed E-state index contributed by atoms with van der Waals surface area (Å²) < 4.78 is 5.58. The standard InChI is InChI=1S/C21H18N4O3/c1-11-17-14(15(10-24)20(25-11)13(8-22)9-23)7-21(3,27)19(12(2)26)18(17)16-5-4-6-28-16/h4-6,18-19,25,27H,7H2,1-3H3. The van der Waals surface area contributed by atoms with Crippen molar-refractivity contribution in [1.82, 2.24) is 5.32 Å². The second-order valence-corrected chi connectivity index (χ2v) is 7.22. The number of nitriles is 3. The van der Waals surface area contributed by atoms with Gasteiger partial charge in [-0.05, 0) is 44.1 Å². The summed E-state index contributed by atoms with van der Waals surface area (Å²) in [4.78, 5) is 12.5. The van der Waals surface area contributed by atoms with E-state index in [4.69, 9.17) is 4.42 Å². The Morgan fingerprint density at radius 2 is 2.04 bits per heavy atom. The summed E-state index contributed by atoms with van der Waals surface area (Å²) in [5.74, 6) is -1.07. The van der Waals surface area contributed by atoms with E-state index in [2.05, 4.69) is 11.4 Å². The molecule has 2 N–H and O–H groups in total.